The standard InChI is InChI=1S/C19H22O11/c1-17-11(20)12(21)19(30-17,16(24)27-3)18(25,13(29-17)14(22)26-2)15(23)28-9-10-7-5-4-6-8-10/h4-8,11-13,20-21,25H,9H2,1-3H3/t11-,12-,13-,17+,18-,19+/m1/s1. The van der Waals surface area contributed by atoms with Crippen molar-refractivity contribution in [2.75, 3.05) is 14.2 Å². The van der Waals surface area contributed by atoms with Crippen LogP contribution in [0.1, 0.15) is 12.5 Å². The van der Waals surface area contributed by atoms with E-state index in [-0.39, 0.29) is 6.61 Å². The highest BCUT2D eigenvalue weighted by Gasteiger charge is 2.84. The highest BCUT2D eigenvalue weighted by molar-refractivity contribution is 5.99. The number of rotatable bonds is 5. The zero-order chi connectivity index (χ0) is 22.3. The summed E-state index contributed by atoms with van der Waals surface area (Å²) in [6.45, 7) is 0.777. The van der Waals surface area contributed by atoms with E-state index in [9.17, 15) is 29.7 Å². The summed E-state index contributed by atoms with van der Waals surface area (Å²) in [5, 5.41) is 32.5. The predicted molar refractivity (Wildman–Crippen MR) is 94.3 cm³/mol. The molecule has 0 aliphatic carbocycles. The Morgan fingerprint density at radius 2 is 1.67 bits per heavy atom. The lowest BCUT2D eigenvalue weighted by molar-refractivity contribution is -0.367. The lowest BCUT2D eigenvalue weighted by Gasteiger charge is -2.48. The van der Waals surface area contributed by atoms with Gasteiger partial charge in [-0.1, -0.05) is 30.3 Å². The van der Waals surface area contributed by atoms with Crippen LogP contribution in [-0.2, 0) is 44.7 Å². The van der Waals surface area contributed by atoms with Crippen molar-refractivity contribution in [3.05, 3.63) is 35.9 Å². The lowest BCUT2D eigenvalue weighted by Crippen LogP contribution is -2.78. The van der Waals surface area contributed by atoms with Gasteiger partial charge in [0.05, 0.1) is 14.2 Å². The van der Waals surface area contributed by atoms with Crippen LogP contribution in [-0.4, -0.2) is 82.7 Å². The van der Waals surface area contributed by atoms with Crippen molar-refractivity contribution in [1.82, 2.24) is 0 Å². The number of fused-ring (bicyclic) bond motifs is 2. The zero-order valence-corrected chi connectivity index (χ0v) is 16.4. The normalized spacial score (nSPS) is 37.3. The molecule has 1 aromatic rings. The van der Waals surface area contributed by atoms with Gasteiger partial charge in [-0.2, -0.15) is 0 Å². The van der Waals surface area contributed by atoms with Crippen molar-refractivity contribution < 1.29 is 53.4 Å². The predicted octanol–water partition coefficient (Wildman–Crippen LogP) is -1.59. The third kappa shape index (κ3) is 2.89. The van der Waals surface area contributed by atoms with Crippen LogP contribution in [0.25, 0.3) is 0 Å². The lowest BCUT2D eigenvalue weighted by atomic mass is 9.74. The van der Waals surface area contributed by atoms with Crippen molar-refractivity contribution in [1.29, 1.82) is 0 Å². The zero-order valence-electron chi connectivity index (χ0n) is 16.4. The van der Waals surface area contributed by atoms with Gasteiger partial charge in [-0.3, -0.25) is 0 Å². The number of aliphatic hydroxyl groups is 3. The van der Waals surface area contributed by atoms with Crippen LogP contribution in [0.15, 0.2) is 30.3 Å². The number of benzene rings is 1. The molecule has 30 heavy (non-hydrogen) atoms. The van der Waals surface area contributed by atoms with E-state index >= 15 is 0 Å². The fourth-order valence-corrected chi connectivity index (χ4v) is 3.75. The molecule has 11 heteroatoms. The Labute approximate surface area is 171 Å². The van der Waals surface area contributed by atoms with Crippen molar-refractivity contribution in [3.63, 3.8) is 0 Å². The molecule has 1 aromatic carbocycles. The average Bonchev–Trinajstić information content (AvgIpc) is 2.94. The first-order valence-electron chi connectivity index (χ1n) is 8.92. The number of esters is 3. The van der Waals surface area contributed by atoms with Gasteiger partial charge in [0.25, 0.3) is 0 Å². The largest absolute Gasteiger partial charge is 0.467 e. The maximum atomic E-state index is 13.1. The van der Waals surface area contributed by atoms with Gasteiger partial charge < -0.3 is 39.0 Å². The number of methoxy groups -OCH3 is 2. The van der Waals surface area contributed by atoms with Gasteiger partial charge in [0.2, 0.25) is 17.3 Å². The molecule has 2 saturated heterocycles. The Kier molecular flexibility index (Phi) is 5.60. The van der Waals surface area contributed by atoms with Gasteiger partial charge in [0.15, 0.2) is 5.79 Å². The molecule has 0 spiro atoms. The molecule has 2 aliphatic heterocycles. The molecule has 0 unspecified atom stereocenters. The van der Waals surface area contributed by atoms with E-state index in [1.54, 1.807) is 30.3 Å². The second kappa shape index (κ2) is 7.60. The minimum Gasteiger partial charge on any atom is -0.467 e. The molecule has 2 bridgehead atoms. The fourth-order valence-electron chi connectivity index (χ4n) is 3.75. The van der Waals surface area contributed by atoms with Gasteiger partial charge in [-0.25, -0.2) is 14.4 Å². The summed E-state index contributed by atoms with van der Waals surface area (Å²) in [7, 11) is 1.87. The van der Waals surface area contributed by atoms with E-state index in [2.05, 4.69) is 9.47 Å². The van der Waals surface area contributed by atoms with Crippen LogP contribution < -0.4 is 0 Å². The summed E-state index contributed by atoms with van der Waals surface area (Å²) in [5.41, 5.74) is -5.65. The van der Waals surface area contributed by atoms with Crippen LogP contribution in [0.3, 0.4) is 0 Å². The van der Waals surface area contributed by atoms with Gasteiger partial charge in [-0.15, -0.1) is 0 Å². The van der Waals surface area contributed by atoms with Crippen LogP contribution in [0.4, 0.5) is 0 Å². The summed E-state index contributed by atoms with van der Waals surface area (Å²) in [4.78, 5) is 38.2. The van der Waals surface area contributed by atoms with Gasteiger partial charge in [-0.05, 0) is 12.5 Å². The molecule has 164 valence electrons. The summed E-state index contributed by atoms with van der Waals surface area (Å²) < 4.78 is 25.1. The third-order valence-electron chi connectivity index (χ3n) is 5.34. The van der Waals surface area contributed by atoms with E-state index < -0.39 is 53.2 Å². The van der Waals surface area contributed by atoms with E-state index in [0.717, 1.165) is 21.1 Å². The number of hydrogen-bond acceptors (Lipinski definition) is 11. The molecule has 2 fully saturated rings. The highest BCUT2D eigenvalue weighted by Crippen LogP contribution is 2.53. The Bertz CT molecular complexity index is 842. The topological polar surface area (TPSA) is 158 Å². The first kappa shape index (κ1) is 22.1. The average molecular weight is 426 g/mol. The number of carbonyl (C=O) groups excluding carboxylic acids is 3. The molecular weight excluding hydrogens is 404 g/mol. The van der Waals surface area contributed by atoms with Crippen LogP contribution in [0.5, 0.6) is 0 Å². The van der Waals surface area contributed by atoms with Crippen LogP contribution in [0.2, 0.25) is 0 Å². The molecule has 6 atom stereocenters. The summed E-state index contributed by atoms with van der Waals surface area (Å²) >= 11 is 0. The summed E-state index contributed by atoms with van der Waals surface area (Å²) in [6, 6.07) is 8.35. The van der Waals surface area contributed by atoms with Crippen molar-refractivity contribution in [2.24, 2.45) is 0 Å². The first-order chi connectivity index (χ1) is 14.1. The number of aliphatic hydroxyl groups excluding tert-OH is 2. The van der Waals surface area contributed by atoms with Crippen molar-refractivity contribution in [3.8, 4) is 0 Å². The molecule has 11 nitrogen and oxygen atoms in total. The van der Waals surface area contributed by atoms with E-state index in [1.165, 1.54) is 0 Å². The molecule has 0 amide bonds. The summed E-state index contributed by atoms with van der Waals surface area (Å²) in [6.07, 6.45) is -6.32. The Hall–Kier alpha value is -2.57. The summed E-state index contributed by atoms with van der Waals surface area (Å²) in [5.74, 6) is -6.35. The van der Waals surface area contributed by atoms with E-state index in [0.29, 0.717) is 5.56 Å². The van der Waals surface area contributed by atoms with E-state index in [1.807, 2.05) is 0 Å². The molecule has 0 radical (unpaired) electrons. The van der Waals surface area contributed by atoms with Crippen LogP contribution in [0, 0.1) is 0 Å². The molecule has 2 heterocycles. The van der Waals surface area contributed by atoms with Crippen LogP contribution >= 0.6 is 0 Å². The molecule has 3 rings (SSSR count). The smallest absolute Gasteiger partial charge is 0.345 e. The monoisotopic (exact) mass is 426 g/mol. The first-order valence-corrected chi connectivity index (χ1v) is 8.92. The quantitative estimate of drug-likeness (QED) is 0.368. The van der Waals surface area contributed by atoms with Crippen molar-refractivity contribution >= 4 is 17.9 Å². The molecule has 0 saturated carbocycles. The van der Waals surface area contributed by atoms with Gasteiger partial charge in [0.1, 0.15) is 18.8 Å². The third-order valence-corrected chi connectivity index (χ3v) is 5.34. The Morgan fingerprint density at radius 1 is 1.03 bits per heavy atom. The van der Waals surface area contributed by atoms with Gasteiger partial charge >= 0.3 is 17.9 Å². The molecule has 2 aliphatic rings. The highest BCUT2D eigenvalue weighted by atomic mass is 16.8. The Morgan fingerprint density at radius 3 is 2.23 bits per heavy atom. The second-order valence-electron chi connectivity index (χ2n) is 7.08. The van der Waals surface area contributed by atoms with Gasteiger partial charge in [0, 0.05) is 0 Å². The molecule has 3 N–H and O–H groups in total. The number of ether oxygens (including phenoxy) is 5. The number of hydrogen-bond donors (Lipinski definition) is 3. The second-order valence-corrected chi connectivity index (χ2v) is 7.08. The minimum atomic E-state index is -3.25. The van der Waals surface area contributed by atoms with E-state index in [4.69, 9.17) is 14.2 Å². The van der Waals surface area contributed by atoms with Crippen molar-refractivity contribution in [2.45, 2.75) is 48.8 Å². The Balaban J connectivity index is 2.10. The fraction of sp³-hybridized carbons (Fsp3) is 0.526. The molecule has 0 aromatic heterocycles. The molecular formula is C19H22O11. The minimum absolute atomic E-state index is 0.344. The maximum absolute atomic E-state index is 13.1. The SMILES string of the molecule is COC(=O)[C@H]1O[C@@]2(C)O[C@](C(=O)OC)([C@H](O)[C@H]2O)[C@]1(O)C(=O)OCc1ccccc1. The number of carbonyl (C=O) groups is 3. The maximum Gasteiger partial charge on any atom is 0.345 e.